The number of aryl methyl sites for hydroxylation is 1. The van der Waals surface area contributed by atoms with Gasteiger partial charge in [-0.2, -0.15) is 0 Å². The highest BCUT2D eigenvalue weighted by atomic mass is 16.3. The van der Waals surface area contributed by atoms with E-state index in [0.29, 0.717) is 17.7 Å². The zero-order chi connectivity index (χ0) is 16.7. The average Bonchev–Trinajstić information content (AvgIpc) is 3.06. The summed E-state index contributed by atoms with van der Waals surface area (Å²) in [6, 6.07) is 10.8. The maximum Gasteiger partial charge on any atom is 0.251 e. The molecule has 0 radical (unpaired) electrons. The lowest BCUT2D eigenvalue weighted by Crippen LogP contribution is -2.32. The summed E-state index contributed by atoms with van der Waals surface area (Å²) in [6.07, 6.45) is 3.63. The highest BCUT2D eigenvalue weighted by Crippen LogP contribution is 2.12. The van der Waals surface area contributed by atoms with Crippen molar-refractivity contribution in [3.63, 3.8) is 0 Å². The standard InChI is InChI=1S/C18H22N2O3/c1-3-17(21)20-15-7-4-6-14(12-15)18(22)19-13(2)9-10-16-8-5-11-23-16/h4-8,11-13H,3,9-10H2,1-2H3,(H,19,22)(H,20,21)/t13-/m0/s1. The molecule has 0 aliphatic heterocycles. The predicted molar refractivity (Wildman–Crippen MR) is 89.3 cm³/mol. The summed E-state index contributed by atoms with van der Waals surface area (Å²) in [5.41, 5.74) is 1.16. The number of anilines is 1. The minimum atomic E-state index is -0.149. The summed E-state index contributed by atoms with van der Waals surface area (Å²) in [4.78, 5) is 23.7. The maximum absolute atomic E-state index is 12.3. The van der Waals surface area contributed by atoms with Crippen molar-refractivity contribution in [3.8, 4) is 0 Å². The lowest BCUT2D eigenvalue weighted by molar-refractivity contribution is -0.115. The van der Waals surface area contributed by atoms with Crippen LogP contribution in [0.15, 0.2) is 47.1 Å². The van der Waals surface area contributed by atoms with Gasteiger partial charge in [0.2, 0.25) is 5.91 Å². The summed E-state index contributed by atoms with van der Waals surface area (Å²) in [7, 11) is 0. The van der Waals surface area contributed by atoms with Gasteiger partial charge in [0, 0.05) is 30.1 Å². The van der Waals surface area contributed by atoms with E-state index in [1.165, 1.54) is 0 Å². The number of rotatable bonds is 7. The summed E-state index contributed by atoms with van der Waals surface area (Å²) >= 11 is 0. The Labute approximate surface area is 136 Å². The first-order valence-corrected chi connectivity index (χ1v) is 7.81. The third-order valence-electron chi connectivity index (χ3n) is 3.51. The molecule has 2 rings (SSSR count). The molecule has 0 saturated carbocycles. The van der Waals surface area contributed by atoms with E-state index in [1.54, 1.807) is 37.5 Å². The molecule has 1 heterocycles. The van der Waals surface area contributed by atoms with Crippen LogP contribution in [0.25, 0.3) is 0 Å². The molecule has 0 saturated heterocycles. The van der Waals surface area contributed by atoms with E-state index in [0.717, 1.165) is 18.6 Å². The van der Waals surface area contributed by atoms with E-state index in [4.69, 9.17) is 4.42 Å². The van der Waals surface area contributed by atoms with Crippen molar-refractivity contribution >= 4 is 17.5 Å². The predicted octanol–water partition coefficient (Wildman–Crippen LogP) is 3.38. The molecule has 0 unspecified atom stereocenters. The molecular weight excluding hydrogens is 292 g/mol. The van der Waals surface area contributed by atoms with Gasteiger partial charge in [-0.05, 0) is 43.7 Å². The first kappa shape index (κ1) is 16.8. The van der Waals surface area contributed by atoms with Crippen molar-refractivity contribution in [2.24, 2.45) is 0 Å². The molecule has 23 heavy (non-hydrogen) atoms. The van der Waals surface area contributed by atoms with E-state index >= 15 is 0 Å². The Balaban J connectivity index is 1.89. The van der Waals surface area contributed by atoms with Crippen LogP contribution >= 0.6 is 0 Å². The molecule has 5 nitrogen and oxygen atoms in total. The van der Waals surface area contributed by atoms with Crippen LogP contribution in [-0.4, -0.2) is 17.9 Å². The zero-order valence-corrected chi connectivity index (χ0v) is 13.5. The van der Waals surface area contributed by atoms with Gasteiger partial charge >= 0.3 is 0 Å². The van der Waals surface area contributed by atoms with E-state index in [1.807, 2.05) is 19.1 Å². The fraction of sp³-hybridized carbons (Fsp3) is 0.333. The van der Waals surface area contributed by atoms with Crippen LogP contribution in [0.4, 0.5) is 5.69 Å². The normalized spacial score (nSPS) is 11.7. The largest absolute Gasteiger partial charge is 0.469 e. The van der Waals surface area contributed by atoms with Crippen LogP contribution < -0.4 is 10.6 Å². The van der Waals surface area contributed by atoms with Gasteiger partial charge in [0.1, 0.15) is 5.76 Å². The van der Waals surface area contributed by atoms with Crippen LogP contribution in [0, 0.1) is 0 Å². The van der Waals surface area contributed by atoms with Crippen molar-refractivity contribution in [2.45, 2.75) is 39.2 Å². The Morgan fingerprint density at radius 3 is 2.74 bits per heavy atom. The highest BCUT2D eigenvalue weighted by Gasteiger charge is 2.11. The summed E-state index contributed by atoms with van der Waals surface area (Å²) in [6.45, 7) is 3.75. The summed E-state index contributed by atoms with van der Waals surface area (Å²) in [5.74, 6) is 0.689. The third kappa shape index (κ3) is 5.29. The highest BCUT2D eigenvalue weighted by molar-refractivity contribution is 5.97. The van der Waals surface area contributed by atoms with Gasteiger partial charge in [0.15, 0.2) is 0 Å². The van der Waals surface area contributed by atoms with Crippen molar-refractivity contribution in [1.82, 2.24) is 5.32 Å². The van der Waals surface area contributed by atoms with Crippen molar-refractivity contribution < 1.29 is 14.0 Å². The second-order valence-electron chi connectivity index (χ2n) is 5.48. The van der Waals surface area contributed by atoms with Crippen molar-refractivity contribution in [2.75, 3.05) is 5.32 Å². The van der Waals surface area contributed by atoms with Crippen LogP contribution in [0.3, 0.4) is 0 Å². The van der Waals surface area contributed by atoms with Crippen LogP contribution in [0.5, 0.6) is 0 Å². The second kappa shape index (κ2) is 8.17. The molecule has 2 N–H and O–H groups in total. The quantitative estimate of drug-likeness (QED) is 0.823. The van der Waals surface area contributed by atoms with Crippen LogP contribution in [-0.2, 0) is 11.2 Å². The maximum atomic E-state index is 12.3. The SMILES string of the molecule is CCC(=O)Nc1cccc(C(=O)N[C@@H](C)CCc2ccco2)c1. The minimum absolute atomic E-state index is 0.0292. The lowest BCUT2D eigenvalue weighted by Gasteiger charge is -2.14. The first-order chi connectivity index (χ1) is 11.1. The molecule has 1 aromatic heterocycles. The molecule has 0 bridgehead atoms. The Bertz CT molecular complexity index is 650. The first-order valence-electron chi connectivity index (χ1n) is 7.81. The second-order valence-corrected chi connectivity index (χ2v) is 5.48. The molecule has 1 atom stereocenters. The van der Waals surface area contributed by atoms with Gasteiger partial charge in [0.05, 0.1) is 6.26 Å². The van der Waals surface area contributed by atoms with Gasteiger partial charge in [-0.25, -0.2) is 0 Å². The number of nitrogens with one attached hydrogen (secondary N) is 2. The number of hydrogen-bond donors (Lipinski definition) is 2. The van der Waals surface area contributed by atoms with Gasteiger partial charge in [-0.1, -0.05) is 13.0 Å². The number of carbonyl (C=O) groups excluding carboxylic acids is 2. The van der Waals surface area contributed by atoms with E-state index < -0.39 is 0 Å². The Morgan fingerprint density at radius 1 is 1.22 bits per heavy atom. The zero-order valence-electron chi connectivity index (χ0n) is 13.5. The van der Waals surface area contributed by atoms with Gasteiger partial charge in [-0.3, -0.25) is 9.59 Å². The molecule has 0 fully saturated rings. The number of amides is 2. The molecule has 1 aromatic carbocycles. The van der Waals surface area contributed by atoms with E-state index in [2.05, 4.69) is 10.6 Å². The molecule has 2 aromatic rings. The van der Waals surface area contributed by atoms with E-state index in [-0.39, 0.29) is 17.9 Å². The number of hydrogen-bond acceptors (Lipinski definition) is 3. The number of benzene rings is 1. The van der Waals surface area contributed by atoms with Crippen LogP contribution in [0.2, 0.25) is 0 Å². The van der Waals surface area contributed by atoms with Gasteiger partial charge in [-0.15, -0.1) is 0 Å². The van der Waals surface area contributed by atoms with Gasteiger partial charge in [0.25, 0.3) is 5.91 Å². The fourth-order valence-electron chi connectivity index (χ4n) is 2.18. The molecule has 122 valence electrons. The Morgan fingerprint density at radius 2 is 2.04 bits per heavy atom. The van der Waals surface area contributed by atoms with E-state index in [9.17, 15) is 9.59 Å². The van der Waals surface area contributed by atoms with Crippen LogP contribution in [0.1, 0.15) is 42.8 Å². The molecule has 5 heteroatoms. The molecule has 0 aliphatic rings. The monoisotopic (exact) mass is 314 g/mol. The average molecular weight is 314 g/mol. The fourth-order valence-corrected chi connectivity index (χ4v) is 2.18. The minimum Gasteiger partial charge on any atom is -0.469 e. The number of carbonyl (C=O) groups is 2. The lowest BCUT2D eigenvalue weighted by atomic mass is 10.1. The number of furan rings is 1. The summed E-state index contributed by atoms with van der Waals surface area (Å²) in [5, 5.41) is 5.71. The summed E-state index contributed by atoms with van der Waals surface area (Å²) < 4.78 is 5.28. The topological polar surface area (TPSA) is 71.3 Å². The Hall–Kier alpha value is -2.56. The smallest absolute Gasteiger partial charge is 0.251 e. The molecular formula is C18H22N2O3. The molecule has 0 spiro atoms. The Kier molecular flexibility index (Phi) is 5.97. The van der Waals surface area contributed by atoms with Gasteiger partial charge < -0.3 is 15.1 Å². The van der Waals surface area contributed by atoms with Crippen molar-refractivity contribution in [3.05, 3.63) is 54.0 Å². The third-order valence-corrected chi connectivity index (χ3v) is 3.51. The molecule has 0 aliphatic carbocycles. The molecule has 2 amide bonds. The van der Waals surface area contributed by atoms with Crippen molar-refractivity contribution in [1.29, 1.82) is 0 Å².